The lowest BCUT2D eigenvalue weighted by atomic mass is 10.3. The maximum absolute atomic E-state index is 12.2. The van der Waals surface area contributed by atoms with Crippen LogP contribution in [0.4, 0.5) is 0 Å². The summed E-state index contributed by atoms with van der Waals surface area (Å²) in [6, 6.07) is 9.67. The van der Waals surface area contributed by atoms with Gasteiger partial charge in [-0.25, -0.2) is 4.68 Å². The van der Waals surface area contributed by atoms with E-state index in [4.69, 9.17) is 0 Å². The maximum Gasteiger partial charge on any atom is 0.254 e. The first-order valence-corrected chi connectivity index (χ1v) is 7.90. The molecule has 0 fully saturated rings. The number of hydrogen-bond acceptors (Lipinski definition) is 3. The Hall–Kier alpha value is -2.41. The molecule has 0 aliphatic rings. The van der Waals surface area contributed by atoms with Gasteiger partial charge < -0.3 is 5.32 Å². The molecule has 0 aliphatic heterocycles. The van der Waals surface area contributed by atoms with Gasteiger partial charge in [0.1, 0.15) is 0 Å². The van der Waals surface area contributed by atoms with Crippen LogP contribution in [0, 0.1) is 6.92 Å². The van der Waals surface area contributed by atoms with Crippen LogP contribution in [0.15, 0.2) is 47.2 Å². The second-order valence-corrected chi connectivity index (χ2v) is 6.15. The highest BCUT2D eigenvalue weighted by molar-refractivity contribution is 9.10. The molecule has 7 heteroatoms. The Labute approximate surface area is 142 Å². The molecule has 23 heavy (non-hydrogen) atoms. The van der Waals surface area contributed by atoms with Gasteiger partial charge in [-0.3, -0.25) is 9.48 Å². The van der Waals surface area contributed by atoms with Crippen LogP contribution in [0.3, 0.4) is 0 Å². The van der Waals surface area contributed by atoms with Crippen LogP contribution in [0.25, 0.3) is 5.69 Å². The highest BCUT2D eigenvalue weighted by Crippen LogP contribution is 2.14. The summed E-state index contributed by atoms with van der Waals surface area (Å²) in [5.41, 5.74) is 3.30. The van der Waals surface area contributed by atoms with E-state index in [9.17, 15) is 4.79 Å². The Morgan fingerprint density at radius 3 is 2.70 bits per heavy atom. The van der Waals surface area contributed by atoms with Crippen molar-refractivity contribution in [3.05, 3.63) is 64.1 Å². The van der Waals surface area contributed by atoms with Gasteiger partial charge in [0.2, 0.25) is 0 Å². The summed E-state index contributed by atoms with van der Waals surface area (Å²) in [4.78, 5) is 12.2. The van der Waals surface area contributed by atoms with E-state index in [1.165, 1.54) is 0 Å². The summed E-state index contributed by atoms with van der Waals surface area (Å²) in [5.74, 6) is -0.160. The van der Waals surface area contributed by atoms with Crippen molar-refractivity contribution in [3.8, 4) is 5.69 Å². The van der Waals surface area contributed by atoms with Crippen LogP contribution in [0.2, 0.25) is 0 Å². The van der Waals surface area contributed by atoms with E-state index in [1.54, 1.807) is 21.8 Å². The molecule has 118 valence electrons. The number of hydrogen-bond donors (Lipinski definition) is 1. The van der Waals surface area contributed by atoms with Crippen LogP contribution in [0.5, 0.6) is 0 Å². The summed E-state index contributed by atoms with van der Waals surface area (Å²) in [5, 5.41) is 11.4. The molecule has 0 radical (unpaired) electrons. The molecule has 0 unspecified atom stereocenters. The van der Waals surface area contributed by atoms with Gasteiger partial charge in [-0.2, -0.15) is 10.2 Å². The summed E-state index contributed by atoms with van der Waals surface area (Å²) in [6.45, 7) is 2.35. The van der Waals surface area contributed by atoms with Gasteiger partial charge in [0.25, 0.3) is 5.91 Å². The quantitative estimate of drug-likeness (QED) is 0.764. The molecule has 1 amide bonds. The number of nitrogens with zero attached hydrogens (tertiary/aromatic N) is 4. The van der Waals surface area contributed by atoms with E-state index in [1.807, 2.05) is 44.3 Å². The van der Waals surface area contributed by atoms with Crippen LogP contribution in [-0.2, 0) is 13.6 Å². The third-order valence-corrected chi connectivity index (χ3v) is 3.99. The minimum absolute atomic E-state index is 0.160. The fraction of sp³-hybridized carbons (Fsp3) is 0.188. The molecule has 0 bridgehead atoms. The average molecular weight is 374 g/mol. The van der Waals surface area contributed by atoms with Crippen LogP contribution >= 0.6 is 15.9 Å². The Morgan fingerprint density at radius 1 is 1.30 bits per heavy atom. The van der Waals surface area contributed by atoms with Gasteiger partial charge in [-0.15, -0.1) is 0 Å². The van der Waals surface area contributed by atoms with Gasteiger partial charge in [-0.1, -0.05) is 15.9 Å². The minimum Gasteiger partial charge on any atom is -0.346 e. The lowest BCUT2D eigenvalue weighted by Gasteiger charge is -2.04. The first kappa shape index (κ1) is 15.5. The zero-order chi connectivity index (χ0) is 16.4. The Kier molecular flexibility index (Phi) is 4.29. The fourth-order valence-electron chi connectivity index (χ4n) is 2.28. The van der Waals surface area contributed by atoms with E-state index in [0.717, 1.165) is 21.5 Å². The van der Waals surface area contributed by atoms with Gasteiger partial charge >= 0.3 is 0 Å². The van der Waals surface area contributed by atoms with Crippen LogP contribution in [0.1, 0.15) is 21.7 Å². The normalized spacial score (nSPS) is 10.7. The van der Waals surface area contributed by atoms with E-state index < -0.39 is 0 Å². The first-order valence-electron chi connectivity index (χ1n) is 7.11. The summed E-state index contributed by atoms with van der Waals surface area (Å²) in [7, 11) is 1.86. The highest BCUT2D eigenvalue weighted by Gasteiger charge is 2.10. The van der Waals surface area contributed by atoms with Crippen molar-refractivity contribution >= 4 is 21.8 Å². The lowest BCUT2D eigenvalue weighted by molar-refractivity contribution is 0.0950. The molecule has 1 aromatic carbocycles. The molecule has 0 saturated heterocycles. The number of rotatable bonds is 4. The monoisotopic (exact) mass is 373 g/mol. The summed E-state index contributed by atoms with van der Waals surface area (Å²) < 4.78 is 4.44. The van der Waals surface area contributed by atoms with E-state index >= 15 is 0 Å². The van der Waals surface area contributed by atoms with Crippen molar-refractivity contribution in [3.63, 3.8) is 0 Å². The SMILES string of the molecule is Cc1cc(CNC(=O)c2cnn(-c3ccc(Br)cc3)c2)n(C)n1. The van der Waals surface area contributed by atoms with Crippen molar-refractivity contribution in [1.82, 2.24) is 24.9 Å². The molecule has 2 aromatic heterocycles. The Bertz CT molecular complexity index is 835. The van der Waals surface area contributed by atoms with Crippen LogP contribution < -0.4 is 5.32 Å². The number of halogens is 1. The molecule has 3 aromatic rings. The zero-order valence-corrected chi connectivity index (χ0v) is 14.4. The molecule has 3 rings (SSSR count). The topological polar surface area (TPSA) is 64.7 Å². The van der Waals surface area contributed by atoms with E-state index in [0.29, 0.717) is 12.1 Å². The number of benzene rings is 1. The number of nitrogens with one attached hydrogen (secondary N) is 1. The predicted octanol–water partition coefficient (Wildman–Crippen LogP) is 2.61. The molecule has 0 atom stereocenters. The van der Waals surface area contributed by atoms with Crippen molar-refractivity contribution < 1.29 is 4.79 Å². The second kappa shape index (κ2) is 6.37. The molecular weight excluding hydrogens is 358 g/mol. The number of aromatic nitrogens is 4. The predicted molar refractivity (Wildman–Crippen MR) is 90.4 cm³/mol. The van der Waals surface area contributed by atoms with Crippen molar-refractivity contribution in [2.75, 3.05) is 0 Å². The summed E-state index contributed by atoms with van der Waals surface area (Å²) >= 11 is 3.40. The smallest absolute Gasteiger partial charge is 0.254 e. The average Bonchev–Trinajstić information content (AvgIpc) is 3.12. The Morgan fingerprint density at radius 2 is 2.04 bits per heavy atom. The van der Waals surface area contributed by atoms with E-state index in [-0.39, 0.29) is 5.91 Å². The van der Waals surface area contributed by atoms with Crippen LogP contribution in [-0.4, -0.2) is 25.5 Å². The van der Waals surface area contributed by atoms with Gasteiger partial charge in [-0.05, 0) is 37.3 Å². The molecule has 0 aliphatic carbocycles. The minimum atomic E-state index is -0.160. The number of amides is 1. The molecule has 2 heterocycles. The lowest BCUT2D eigenvalue weighted by Crippen LogP contribution is -2.23. The molecule has 6 nitrogen and oxygen atoms in total. The second-order valence-electron chi connectivity index (χ2n) is 5.23. The van der Waals surface area contributed by atoms with Crippen molar-refractivity contribution in [2.24, 2.45) is 7.05 Å². The molecule has 1 N–H and O–H groups in total. The fourth-order valence-corrected chi connectivity index (χ4v) is 2.54. The third kappa shape index (κ3) is 3.50. The zero-order valence-electron chi connectivity index (χ0n) is 12.8. The van der Waals surface area contributed by atoms with Crippen molar-refractivity contribution in [1.29, 1.82) is 0 Å². The van der Waals surface area contributed by atoms with E-state index in [2.05, 4.69) is 31.4 Å². The maximum atomic E-state index is 12.2. The van der Waals surface area contributed by atoms with Gasteiger partial charge in [0, 0.05) is 17.7 Å². The van der Waals surface area contributed by atoms with Gasteiger partial charge in [0.15, 0.2) is 0 Å². The third-order valence-electron chi connectivity index (χ3n) is 3.46. The summed E-state index contributed by atoms with van der Waals surface area (Å²) in [6.07, 6.45) is 3.28. The number of carbonyl (C=O) groups is 1. The first-order chi connectivity index (χ1) is 11.0. The molecule has 0 saturated carbocycles. The largest absolute Gasteiger partial charge is 0.346 e. The standard InChI is InChI=1S/C16H16BrN5O/c1-11-7-15(21(2)20-11)9-18-16(23)12-8-19-22(10-12)14-5-3-13(17)4-6-14/h3-8,10H,9H2,1-2H3,(H,18,23). The number of carbonyl (C=O) groups excluding carboxylic acids is 1. The highest BCUT2D eigenvalue weighted by atomic mass is 79.9. The number of aryl methyl sites for hydroxylation is 2. The molecular formula is C16H16BrN5O. The van der Waals surface area contributed by atoms with Gasteiger partial charge in [0.05, 0.1) is 35.4 Å². The molecule has 0 spiro atoms. The Balaban J connectivity index is 1.69. The van der Waals surface area contributed by atoms with Crippen molar-refractivity contribution in [2.45, 2.75) is 13.5 Å².